The summed E-state index contributed by atoms with van der Waals surface area (Å²) in [6, 6.07) is 6.74. The van der Waals surface area contributed by atoms with Crippen LogP contribution in [0.3, 0.4) is 0 Å². The highest BCUT2D eigenvalue weighted by Crippen LogP contribution is 2.27. The third-order valence-corrected chi connectivity index (χ3v) is 4.64. The van der Waals surface area contributed by atoms with Crippen LogP contribution < -0.4 is 15.8 Å². The molecule has 1 fully saturated rings. The van der Waals surface area contributed by atoms with Crippen molar-refractivity contribution >= 4 is 17.6 Å². The molecule has 0 atom stereocenters. The third-order valence-electron chi connectivity index (χ3n) is 4.64. The molecule has 3 amide bonds. The van der Waals surface area contributed by atoms with Crippen LogP contribution in [0.4, 0.5) is 10.5 Å². The Balaban J connectivity index is 1.76. The molecule has 2 rings (SSSR count). The van der Waals surface area contributed by atoms with Gasteiger partial charge < -0.3 is 15.8 Å². The fraction of sp³-hybridized carbons (Fsp3) is 0.526. The van der Waals surface area contributed by atoms with Gasteiger partial charge in [-0.25, -0.2) is 4.79 Å². The molecular weight excluding hydrogens is 318 g/mol. The van der Waals surface area contributed by atoms with Gasteiger partial charge in [0.1, 0.15) is 5.75 Å². The molecule has 0 spiro atoms. The van der Waals surface area contributed by atoms with E-state index in [9.17, 15) is 9.59 Å². The summed E-state index contributed by atoms with van der Waals surface area (Å²) in [7, 11) is 1.61. The molecule has 0 bridgehead atoms. The second-order valence-corrected chi connectivity index (χ2v) is 6.43. The fourth-order valence-electron chi connectivity index (χ4n) is 3.15. The summed E-state index contributed by atoms with van der Waals surface area (Å²) in [5, 5.41) is 3.17. The lowest BCUT2D eigenvalue weighted by Gasteiger charge is -2.23. The molecule has 6 heteroatoms. The highest BCUT2D eigenvalue weighted by molar-refractivity contribution is 5.98. The van der Waals surface area contributed by atoms with Gasteiger partial charge in [-0.3, -0.25) is 9.69 Å². The van der Waals surface area contributed by atoms with Crippen LogP contribution in [0.15, 0.2) is 24.3 Å². The minimum Gasteiger partial charge on any atom is -0.497 e. The number of benzene rings is 1. The van der Waals surface area contributed by atoms with Gasteiger partial charge in [0.25, 0.3) is 0 Å². The highest BCUT2D eigenvalue weighted by Gasteiger charge is 2.21. The van der Waals surface area contributed by atoms with Crippen molar-refractivity contribution in [1.29, 1.82) is 0 Å². The van der Waals surface area contributed by atoms with Gasteiger partial charge in [-0.2, -0.15) is 0 Å². The molecular formula is C19H28N3O3. The van der Waals surface area contributed by atoms with Crippen molar-refractivity contribution in [3.8, 4) is 5.75 Å². The zero-order chi connectivity index (χ0) is 18.1. The van der Waals surface area contributed by atoms with Crippen molar-refractivity contribution in [2.24, 2.45) is 11.7 Å². The molecule has 0 unspecified atom stereocenters. The number of amides is 3. The van der Waals surface area contributed by atoms with Gasteiger partial charge in [-0.05, 0) is 36.6 Å². The van der Waals surface area contributed by atoms with Crippen LogP contribution in [0, 0.1) is 12.3 Å². The number of primary amides is 1. The second kappa shape index (κ2) is 9.91. The first-order chi connectivity index (χ1) is 12.1. The molecule has 1 aliphatic rings. The number of nitrogens with one attached hydrogen (secondary N) is 1. The van der Waals surface area contributed by atoms with Crippen molar-refractivity contribution in [3.05, 3.63) is 30.7 Å². The van der Waals surface area contributed by atoms with Crippen LogP contribution >= 0.6 is 0 Å². The molecule has 0 saturated heterocycles. The van der Waals surface area contributed by atoms with E-state index < -0.39 is 6.03 Å². The molecule has 6 nitrogen and oxygen atoms in total. The van der Waals surface area contributed by atoms with Gasteiger partial charge in [0.05, 0.1) is 13.5 Å². The molecule has 137 valence electrons. The first-order valence-electron chi connectivity index (χ1n) is 8.92. The van der Waals surface area contributed by atoms with Gasteiger partial charge >= 0.3 is 6.03 Å². The smallest absolute Gasteiger partial charge is 0.321 e. The highest BCUT2D eigenvalue weighted by atomic mass is 16.5. The number of hydrogen-bond donors (Lipinski definition) is 2. The molecule has 1 aromatic rings. The average molecular weight is 346 g/mol. The van der Waals surface area contributed by atoms with Gasteiger partial charge in [0.2, 0.25) is 5.91 Å². The Hall–Kier alpha value is -2.24. The van der Waals surface area contributed by atoms with Gasteiger partial charge in [-0.1, -0.05) is 32.1 Å². The summed E-state index contributed by atoms with van der Waals surface area (Å²) in [5.74, 6) is 1.04. The van der Waals surface area contributed by atoms with Crippen LogP contribution in [-0.2, 0) is 4.79 Å². The summed E-state index contributed by atoms with van der Waals surface area (Å²) < 4.78 is 5.11. The molecule has 25 heavy (non-hydrogen) atoms. The number of nitrogens with zero attached hydrogens (tertiary/aromatic N) is 1. The number of rotatable bonds is 8. The Bertz CT molecular complexity index is 554. The lowest BCUT2D eigenvalue weighted by atomic mass is 9.86. The summed E-state index contributed by atoms with van der Waals surface area (Å²) in [6.45, 7) is 0.680. The normalized spacial score (nSPS) is 14.8. The van der Waals surface area contributed by atoms with E-state index in [1.54, 1.807) is 13.5 Å². The molecule has 1 aliphatic carbocycles. The van der Waals surface area contributed by atoms with Crippen LogP contribution in [0.25, 0.3) is 0 Å². The van der Waals surface area contributed by atoms with Crippen molar-refractivity contribution < 1.29 is 14.3 Å². The van der Waals surface area contributed by atoms with E-state index in [-0.39, 0.29) is 12.5 Å². The van der Waals surface area contributed by atoms with E-state index in [2.05, 4.69) is 5.32 Å². The second-order valence-electron chi connectivity index (χ2n) is 6.43. The number of hydrogen-bond acceptors (Lipinski definition) is 4. The van der Waals surface area contributed by atoms with Crippen molar-refractivity contribution in [2.75, 3.05) is 25.5 Å². The van der Waals surface area contributed by atoms with Crippen LogP contribution in [0.2, 0.25) is 0 Å². The largest absolute Gasteiger partial charge is 0.497 e. The fourth-order valence-corrected chi connectivity index (χ4v) is 3.15. The van der Waals surface area contributed by atoms with Crippen LogP contribution in [0.5, 0.6) is 5.75 Å². The molecule has 0 aromatic heterocycles. The van der Waals surface area contributed by atoms with E-state index >= 15 is 0 Å². The van der Waals surface area contributed by atoms with Crippen LogP contribution in [-0.4, -0.2) is 37.0 Å². The van der Waals surface area contributed by atoms with Crippen molar-refractivity contribution in [1.82, 2.24) is 4.90 Å². The summed E-state index contributed by atoms with van der Waals surface area (Å²) in [4.78, 5) is 25.0. The van der Waals surface area contributed by atoms with E-state index in [4.69, 9.17) is 10.5 Å². The first kappa shape index (κ1) is 19.1. The number of nitrogens with two attached hydrogens (primary N) is 1. The number of imide groups is 1. The maximum atomic E-state index is 12.3. The summed E-state index contributed by atoms with van der Waals surface area (Å²) in [5.41, 5.74) is 6.26. The maximum absolute atomic E-state index is 12.3. The number of carbonyl (C=O) groups excluding carboxylic acids is 2. The Labute approximate surface area is 149 Å². The van der Waals surface area contributed by atoms with E-state index in [1.165, 1.54) is 32.1 Å². The lowest BCUT2D eigenvalue weighted by Crippen LogP contribution is -2.43. The zero-order valence-corrected chi connectivity index (χ0v) is 14.9. The predicted molar refractivity (Wildman–Crippen MR) is 98.3 cm³/mol. The molecule has 3 N–H and O–H groups in total. The van der Waals surface area contributed by atoms with Gasteiger partial charge in [-0.15, -0.1) is 0 Å². The maximum Gasteiger partial charge on any atom is 0.321 e. The number of carbonyl (C=O) groups is 2. The van der Waals surface area contributed by atoms with Crippen molar-refractivity contribution in [3.63, 3.8) is 0 Å². The average Bonchev–Trinajstić information content (AvgIpc) is 2.64. The monoisotopic (exact) mass is 346 g/mol. The minimum atomic E-state index is -0.707. The lowest BCUT2D eigenvalue weighted by molar-refractivity contribution is -0.124. The third kappa shape index (κ3) is 6.29. The standard InChI is InChI=1S/C19H28N3O3/c1-25-17-10-8-16(9-11-17)21-13-14-22(19(20)24)18(23)12-7-15-5-3-2-4-6-15/h8-12,15,21H,2-7,13-14H2,1H3,(H2,20,24). The topological polar surface area (TPSA) is 84.7 Å². The Morgan fingerprint density at radius 1 is 1.24 bits per heavy atom. The van der Waals surface area contributed by atoms with E-state index in [1.807, 2.05) is 24.3 Å². The number of urea groups is 1. The van der Waals surface area contributed by atoms with Crippen molar-refractivity contribution in [2.45, 2.75) is 38.5 Å². The molecule has 1 saturated carbocycles. The molecule has 1 radical (unpaired) electrons. The molecule has 0 aliphatic heterocycles. The summed E-state index contributed by atoms with van der Waals surface area (Å²) in [6.07, 6.45) is 8.44. The first-order valence-corrected chi connectivity index (χ1v) is 8.92. The Kier molecular flexibility index (Phi) is 7.57. The predicted octanol–water partition coefficient (Wildman–Crippen LogP) is 3.19. The summed E-state index contributed by atoms with van der Waals surface area (Å²) >= 11 is 0. The zero-order valence-electron chi connectivity index (χ0n) is 14.9. The van der Waals surface area contributed by atoms with Gasteiger partial charge in [0.15, 0.2) is 0 Å². The molecule has 0 heterocycles. The Morgan fingerprint density at radius 3 is 2.52 bits per heavy atom. The van der Waals surface area contributed by atoms with Crippen LogP contribution in [0.1, 0.15) is 38.5 Å². The number of methoxy groups -OCH3 is 1. The molecule has 1 aromatic carbocycles. The van der Waals surface area contributed by atoms with Gasteiger partial charge in [0, 0.05) is 18.8 Å². The Morgan fingerprint density at radius 2 is 1.92 bits per heavy atom. The SMILES string of the molecule is COc1ccc(NCCN(C(N)=O)C(=O)[CH]CC2CCCCC2)cc1. The number of ether oxygens (including phenoxy) is 1. The van der Waals surface area contributed by atoms with E-state index in [0.717, 1.165) is 22.8 Å². The van der Waals surface area contributed by atoms with E-state index in [0.29, 0.717) is 12.5 Å². The minimum absolute atomic E-state index is 0.237. The number of anilines is 1. The quantitative estimate of drug-likeness (QED) is 0.757.